The minimum Gasteiger partial charge on any atom is -0.381 e. The Balaban J connectivity index is 1.90. The molecule has 0 saturated carbocycles. The van der Waals surface area contributed by atoms with Gasteiger partial charge in [-0.05, 0) is 13.0 Å². The van der Waals surface area contributed by atoms with Crippen LogP contribution in [0.5, 0.6) is 0 Å². The summed E-state index contributed by atoms with van der Waals surface area (Å²) in [6.07, 6.45) is 3.25. The molecule has 0 spiro atoms. The van der Waals surface area contributed by atoms with Crippen LogP contribution < -0.4 is 5.73 Å². The first-order chi connectivity index (χ1) is 9.79. The van der Waals surface area contributed by atoms with Crippen LogP contribution in [0.4, 0.5) is 5.82 Å². The first-order valence-electron chi connectivity index (χ1n) is 6.43. The minimum atomic E-state index is 0.469. The van der Waals surface area contributed by atoms with E-state index in [0.717, 1.165) is 28.5 Å². The summed E-state index contributed by atoms with van der Waals surface area (Å²) in [5.41, 5.74) is 8.03. The van der Waals surface area contributed by atoms with Gasteiger partial charge in [0.05, 0.1) is 11.2 Å². The Labute approximate surface area is 121 Å². The van der Waals surface area contributed by atoms with Gasteiger partial charge in [0.15, 0.2) is 5.82 Å². The third kappa shape index (κ3) is 2.34. The van der Waals surface area contributed by atoms with Crippen molar-refractivity contribution in [2.24, 2.45) is 0 Å². The van der Waals surface area contributed by atoms with Crippen molar-refractivity contribution in [3.63, 3.8) is 0 Å². The number of hydrogen-bond donors (Lipinski definition) is 1. The smallest absolute Gasteiger partial charge is 0.156 e. The van der Waals surface area contributed by atoms with Gasteiger partial charge in [-0.2, -0.15) is 5.10 Å². The number of anilines is 1. The molecule has 0 fully saturated rings. The van der Waals surface area contributed by atoms with Crippen molar-refractivity contribution in [1.29, 1.82) is 0 Å². The largest absolute Gasteiger partial charge is 0.381 e. The second kappa shape index (κ2) is 5.50. The van der Waals surface area contributed by atoms with E-state index >= 15 is 0 Å². The van der Waals surface area contributed by atoms with Gasteiger partial charge in [0.25, 0.3) is 0 Å². The zero-order valence-corrected chi connectivity index (χ0v) is 12.0. The lowest BCUT2D eigenvalue weighted by atomic mass is 10.2. The molecule has 2 N–H and O–H groups in total. The number of rotatable bonds is 4. The molecular formula is C14H15N5S. The highest BCUT2D eigenvalue weighted by molar-refractivity contribution is 7.98. The highest BCUT2D eigenvalue weighted by atomic mass is 32.2. The Hall–Kier alpha value is -2.08. The summed E-state index contributed by atoms with van der Waals surface area (Å²) in [7, 11) is 0. The Morgan fingerprint density at radius 3 is 2.80 bits per heavy atom. The van der Waals surface area contributed by atoms with Crippen LogP contribution in [0.2, 0.25) is 0 Å². The second-order valence-corrected chi connectivity index (χ2v) is 5.28. The normalized spacial score (nSPS) is 11.1. The third-order valence-electron chi connectivity index (χ3n) is 3.07. The maximum absolute atomic E-state index is 5.81. The van der Waals surface area contributed by atoms with Gasteiger partial charge in [0, 0.05) is 30.1 Å². The van der Waals surface area contributed by atoms with Gasteiger partial charge in [-0.15, -0.1) is 0 Å². The van der Waals surface area contributed by atoms with Crippen LogP contribution in [0.15, 0.2) is 41.7 Å². The summed E-state index contributed by atoms with van der Waals surface area (Å²) in [5.74, 6) is 1.20. The molecule has 2 heterocycles. The number of thioether (sulfide) groups is 1. The molecule has 1 aromatic carbocycles. The monoisotopic (exact) mass is 285 g/mol. The molecule has 5 nitrogen and oxygen atoms in total. The maximum atomic E-state index is 5.81. The molecule has 6 heteroatoms. The van der Waals surface area contributed by atoms with Crippen LogP contribution in [-0.4, -0.2) is 19.7 Å². The number of nitrogen functional groups attached to an aromatic ring is 1. The lowest BCUT2D eigenvalue weighted by Gasteiger charge is -2.01. The second-order valence-electron chi connectivity index (χ2n) is 4.32. The number of aryl methyl sites for hydroxylation is 1. The molecule has 0 aliphatic heterocycles. The number of para-hydroxylation sites is 1. The quantitative estimate of drug-likeness (QED) is 0.746. The van der Waals surface area contributed by atoms with Gasteiger partial charge >= 0.3 is 0 Å². The van der Waals surface area contributed by atoms with E-state index in [2.05, 4.69) is 34.1 Å². The van der Waals surface area contributed by atoms with E-state index in [4.69, 9.17) is 5.73 Å². The van der Waals surface area contributed by atoms with Crippen molar-refractivity contribution in [1.82, 2.24) is 19.7 Å². The van der Waals surface area contributed by atoms with E-state index in [1.807, 2.05) is 16.8 Å². The SMILES string of the molecule is CCn1nc(CSc2nccnc2N)c2ccccc21. The summed E-state index contributed by atoms with van der Waals surface area (Å²) in [6.45, 7) is 2.95. The predicted molar refractivity (Wildman–Crippen MR) is 81.4 cm³/mol. The molecule has 0 radical (unpaired) electrons. The molecule has 3 aromatic rings. The van der Waals surface area contributed by atoms with Crippen molar-refractivity contribution < 1.29 is 0 Å². The van der Waals surface area contributed by atoms with E-state index < -0.39 is 0 Å². The van der Waals surface area contributed by atoms with Crippen LogP contribution >= 0.6 is 11.8 Å². The summed E-state index contributed by atoms with van der Waals surface area (Å²) in [5, 5.41) is 6.60. The topological polar surface area (TPSA) is 69.6 Å². The van der Waals surface area contributed by atoms with Crippen molar-refractivity contribution in [3.05, 3.63) is 42.4 Å². The number of aromatic nitrogens is 4. The van der Waals surface area contributed by atoms with Crippen LogP contribution in [-0.2, 0) is 12.3 Å². The van der Waals surface area contributed by atoms with Gasteiger partial charge in [0.1, 0.15) is 5.03 Å². The summed E-state index contributed by atoms with van der Waals surface area (Å²) >= 11 is 1.56. The maximum Gasteiger partial charge on any atom is 0.156 e. The van der Waals surface area contributed by atoms with E-state index in [9.17, 15) is 0 Å². The molecular weight excluding hydrogens is 270 g/mol. The Kier molecular flexibility index (Phi) is 3.56. The fraction of sp³-hybridized carbons (Fsp3) is 0.214. The van der Waals surface area contributed by atoms with E-state index in [1.165, 1.54) is 5.39 Å². The molecule has 2 aromatic heterocycles. The number of benzene rings is 1. The van der Waals surface area contributed by atoms with Crippen molar-refractivity contribution in [2.75, 3.05) is 5.73 Å². The van der Waals surface area contributed by atoms with Gasteiger partial charge in [-0.3, -0.25) is 4.68 Å². The highest BCUT2D eigenvalue weighted by Crippen LogP contribution is 2.27. The standard InChI is InChI=1S/C14H15N5S/c1-2-19-12-6-4-3-5-10(12)11(18-19)9-20-14-13(15)16-7-8-17-14/h3-8H,2,9H2,1H3,(H2,15,16). The van der Waals surface area contributed by atoms with Crippen LogP contribution in [0.1, 0.15) is 12.6 Å². The van der Waals surface area contributed by atoms with E-state index in [0.29, 0.717) is 5.82 Å². The lowest BCUT2D eigenvalue weighted by molar-refractivity contribution is 0.675. The predicted octanol–water partition coefficient (Wildman–Crippen LogP) is 2.72. The van der Waals surface area contributed by atoms with Crippen molar-refractivity contribution in [3.8, 4) is 0 Å². The zero-order chi connectivity index (χ0) is 13.9. The first-order valence-corrected chi connectivity index (χ1v) is 7.42. The third-order valence-corrected chi connectivity index (χ3v) is 4.08. The van der Waals surface area contributed by atoms with Gasteiger partial charge < -0.3 is 5.73 Å². The highest BCUT2D eigenvalue weighted by Gasteiger charge is 2.10. The lowest BCUT2D eigenvalue weighted by Crippen LogP contribution is -1.97. The number of fused-ring (bicyclic) bond motifs is 1. The molecule has 0 bridgehead atoms. The van der Waals surface area contributed by atoms with Gasteiger partial charge in [-0.25, -0.2) is 9.97 Å². The average Bonchev–Trinajstić information content (AvgIpc) is 2.85. The van der Waals surface area contributed by atoms with Crippen LogP contribution in [0, 0.1) is 0 Å². The first kappa shape index (κ1) is 12.9. The molecule has 20 heavy (non-hydrogen) atoms. The molecule has 0 unspecified atom stereocenters. The number of hydrogen-bond acceptors (Lipinski definition) is 5. The summed E-state index contributed by atoms with van der Waals surface area (Å²) in [4.78, 5) is 8.29. The van der Waals surface area contributed by atoms with Gasteiger partial charge in [-0.1, -0.05) is 30.0 Å². The van der Waals surface area contributed by atoms with Crippen molar-refractivity contribution in [2.45, 2.75) is 24.2 Å². The fourth-order valence-corrected chi connectivity index (χ4v) is 2.95. The molecule has 3 rings (SSSR count). The number of nitrogens with two attached hydrogens (primary N) is 1. The Bertz CT molecular complexity index is 737. The molecule has 0 amide bonds. The molecule has 0 aliphatic carbocycles. The molecule has 0 atom stereocenters. The minimum absolute atomic E-state index is 0.469. The number of nitrogens with zero attached hydrogens (tertiary/aromatic N) is 4. The van der Waals surface area contributed by atoms with E-state index in [-0.39, 0.29) is 0 Å². The van der Waals surface area contributed by atoms with Gasteiger partial charge in [0.2, 0.25) is 0 Å². The Morgan fingerprint density at radius 1 is 1.20 bits per heavy atom. The molecule has 0 saturated heterocycles. The molecule has 102 valence electrons. The average molecular weight is 285 g/mol. The fourth-order valence-electron chi connectivity index (χ4n) is 2.13. The zero-order valence-electron chi connectivity index (χ0n) is 11.2. The van der Waals surface area contributed by atoms with Crippen LogP contribution in [0.3, 0.4) is 0 Å². The van der Waals surface area contributed by atoms with Crippen molar-refractivity contribution >= 4 is 28.5 Å². The van der Waals surface area contributed by atoms with E-state index in [1.54, 1.807) is 24.2 Å². The summed E-state index contributed by atoms with van der Waals surface area (Å²) < 4.78 is 2.02. The summed E-state index contributed by atoms with van der Waals surface area (Å²) in [6, 6.07) is 8.27. The van der Waals surface area contributed by atoms with Crippen LogP contribution in [0.25, 0.3) is 10.9 Å². The molecule has 0 aliphatic rings. The Morgan fingerprint density at radius 2 is 2.00 bits per heavy atom.